The molecular formula is C15H15ClN4O2. The molecular weight excluding hydrogens is 304 g/mol. The number of hydrogen-bond acceptors (Lipinski definition) is 5. The van der Waals surface area contributed by atoms with Gasteiger partial charge in [0.15, 0.2) is 11.5 Å². The zero-order valence-corrected chi connectivity index (χ0v) is 12.6. The summed E-state index contributed by atoms with van der Waals surface area (Å²) in [7, 11) is 1.51. The van der Waals surface area contributed by atoms with Crippen LogP contribution in [0.3, 0.4) is 0 Å². The van der Waals surface area contributed by atoms with Crippen LogP contribution < -0.4 is 10.5 Å². The minimum atomic E-state index is 0. The third-order valence-electron chi connectivity index (χ3n) is 3.13. The molecule has 3 N–H and O–H groups in total. The summed E-state index contributed by atoms with van der Waals surface area (Å²) in [5.74, 6) is 0.488. The van der Waals surface area contributed by atoms with E-state index in [0.29, 0.717) is 17.1 Å². The lowest BCUT2D eigenvalue weighted by Gasteiger charge is -2.04. The highest BCUT2D eigenvalue weighted by Gasteiger charge is 2.08. The van der Waals surface area contributed by atoms with Crippen LogP contribution >= 0.6 is 12.4 Å². The molecule has 0 aliphatic carbocycles. The molecule has 6 nitrogen and oxygen atoms in total. The normalized spacial score (nSPS) is 10.0. The lowest BCUT2D eigenvalue weighted by atomic mass is 10.1. The first-order valence-electron chi connectivity index (χ1n) is 6.33. The van der Waals surface area contributed by atoms with E-state index in [9.17, 15) is 5.11 Å². The molecule has 0 radical (unpaired) electrons. The van der Waals surface area contributed by atoms with Crippen molar-refractivity contribution in [2.75, 3.05) is 12.8 Å². The smallest absolute Gasteiger partial charge is 0.160 e. The second kappa shape index (κ2) is 6.36. The number of nitrogens with zero attached hydrogens (tertiary/aromatic N) is 3. The van der Waals surface area contributed by atoms with Crippen molar-refractivity contribution in [1.82, 2.24) is 15.0 Å². The van der Waals surface area contributed by atoms with Gasteiger partial charge in [-0.05, 0) is 42.5 Å². The molecule has 0 amide bonds. The van der Waals surface area contributed by atoms with Gasteiger partial charge in [-0.25, -0.2) is 4.68 Å². The van der Waals surface area contributed by atoms with E-state index < -0.39 is 0 Å². The van der Waals surface area contributed by atoms with Crippen LogP contribution in [0, 0.1) is 0 Å². The highest BCUT2D eigenvalue weighted by Crippen LogP contribution is 2.30. The Morgan fingerprint density at radius 2 is 1.86 bits per heavy atom. The number of benzene rings is 2. The van der Waals surface area contributed by atoms with E-state index in [4.69, 9.17) is 10.5 Å². The van der Waals surface area contributed by atoms with Crippen molar-refractivity contribution < 1.29 is 9.84 Å². The average Bonchev–Trinajstić information content (AvgIpc) is 2.98. The van der Waals surface area contributed by atoms with Gasteiger partial charge in [0, 0.05) is 11.3 Å². The van der Waals surface area contributed by atoms with Gasteiger partial charge in [-0.1, -0.05) is 5.21 Å². The number of nitrogens with two attached hydrogens (primary N) is 1. The molecule has 114 valence electrons. The number of rotatable bonds is 3. The molecule has 7 heteroatoms. The van der Waals surface area contributed by atoms with E-state index in [0.717, 1.165) is 11.3 Å². The number of ether oxygens (including phenoxy) is 1. The molecule has 0 bridgehead atoms. The number of hydrogen-bond donors (Lipinski definition) is 2. The van der Waals surface area contributed by atoms with Crippen LogP contribution in [-0.4, -0.2) is 27.2 Å². The van der Waals surface area contributed by atoms with Gasteiger partial charge in [0.25, 0.3) is 0 Å². The standard InChI is InChI=1S/C15H14N4O2.ClH/c1-21-15-7-2-10(8-14(15)20)13-9-19(18-17-13)12-5-3-11(16)4-6-12;/h2-9,20H,16H2,1H3;1H. The fraction of sp³-hybridized carbons (Fsp3) is 0.0667. The molecule has 0 saturated heterocycles. The van der Waals surface area contributed by atoms with Gasteiger partial charge in [-0.15, -0.1) is 17.5 Å². The number of nitrogen functional groups attached to an aromatic ring is 1. The van der Waals surface area contributed by atoms with Crippen molar-refractivity contribution in [3.05, 3.63) is 48.7 Å². The number of phenolic OH excluding ortho intramolecular Hbond substituents is 1. The molecule has 0 aliphatic rings. The zero-order valence-electron chi connectivity index (χ0n) is 11.8. The van der Waals surface area contributed by atoms with E-state index >= 15 is 0 Å². The van der Waals surface area contributed by atoms with Crippen LogP contribution in [0.2, 0.25) is 0 Å². The maximum Gasteiger partial charge on any atom is 0.160 e. The lowest BCUT2D eigenvalue weighted by molar-refractivity contribution is 0.373. The minimum absolute atomic E-state index is 0. The number of aromatic hydroxyl groups is 1. The lowest BCUT2D eigenvalue weighted by Crippen LogP contribution is -1.95. The van der Waals surface area contributed by atoms with Crippen molar-refractivity contribution in [3.8, 4) is 28.4 Å². The predicted molar refractivity (Wildman–Crippen MR) is 86.7 cm³/mol. The molecule has 1 aromatic heterocycles. The van der Waals surface area contributed by atoms with Gasteiger partial charge < -0.3 is 15.6 Å². The first kappa shape index (κ1) is 15.7. The highest BCUT2D eigenvalue weighted by molar-refractivity contribution is 5.85. The zero-order chi connectivity index (χ0) is 14.8. The fourth-order valence-electron chi connectivity index (χ4n) is 2.00. The summed E-state index contributed by atoms with van der Waals surface area (Å²) >= 11 is 0. The van der Waals surface area contributed by atoms with Gasteiger partial charge >= 0.3 is 0 Å². The number of halogens is 1. The molecule has 0 saturated carbocycles. The molecule has 1 heterocycles. The predicted octanol–water partition coefficient (Wildman–Crippen LogP) is 2.65. The van der Waals surface area contributed by atoms with Crippen LogP contribution in [0.25, 0.3) is 16.9 Å². The molecule has 2 aromatic carbocycles. The number of methoxy groups -OCH3 is 1. The Morgan fingerprint density at radius 1 is 1.14 bits per heavy atom. The second-order valence-corrected chi connectivity index (χ2v) is 4.53. The Morgan fingerprint density at radius 3 is 2.50 bits per heavy atom. The summed E-state index contributed by atoms with van der Waals surface area (Å²) < 4.78 is 6.67. The van der Waals surface area contributed by atoms with Crippen molar-refractivity contribution in [2.45, 2.75) is 0 Å². The summed E-state index contributed by atoms with van der Waals surface area (Å²) in [6, 6.07) is 12.4. The Kier molecular flexibility index (Phi) is 4.53. The van der Waals surface area contributed by atoms with Crippen LogP contribution in [0.4, 0.5) is 5.69 Å². The van der Waals surface area contributed by atoms with Crippen LogP contribution in [0.15, 0.2) is 48.7 Å². The van der Waals surface area contributed by atoms with E-state index in [2.05, 4.69) is 10.3 Å². The van der Waals surface area contributed by atoms with E-state index in [1.165, 1.54) is 7.11 Å². The Labute approximate surface area is 133 Å². The van der Waals surface area contributed by atoms with Crippen molar-refractivity contribution in [3.63, 3.8) is 0 Å². The summed E-state index contributed by atoms with van der Waals surface area (Å²) in [5, 5.41) is 18.0. The summed E-state index contributed by atoms with van der Waals surface area (Å²) in [6.45, 7) is 0. The SMILES string of the molecule is COc1ccc(-c2cn(-c3ccc(N)cc3)nn2)cc1O.Cl. The monoisotopic (exact) mass is 318 g/mol. The van der Waals surface area contributed by atoms with Gasteiger partial charge in [0.2, 0.25) is 0 Å². The van der Waals surface area contributed by atoms with Crippen LogP contribution in [-0.2, 0) is 0 Å². The third-order valence-corrected chi connectivity index (χ3v) is 3.13. The van der Waals surface area contributed by atoms with Gasteiger partial charge in [0.1, 0.15) is 5.69 Å². The van der Waals surface area contributed by atoms with Crippen LogP contribution in [0.1, 0.15) is 0 Å². The largest absolute Gasteiger partial charge is 0.504 e. The minimum Gasteiger partial charge on any atom is -0.504 e. The number of anilines is 1. The molecule has 0 spiro atoms. The number of phenols is 1. The summed E-state index contributed by atoms with van der Waals surface area (Å²) in [6.07, 6.45) is 1.78. The highest BCUT2D eigenvalue weighted by atomic mass is 35.5. The van der Waals surface area contributed by atoms with Gasteiger partial charge in [-0.3, -0.25) is 0 Å². The second-order valence-electron chi connectivity index (χ2n) is 4.53. The van der Waals surface area contributed by atoms with Crippen LogP contribution in [0.5, 0.6) is 11.5 Å². The topological polar surface area (TPSA) is 86.2 Å². The summed E-state index contributed by atoms with van der Waals surface area (Å²) in [4.78, 5) is 0. The Bertz CT molecular complexity index is 771. The number of aromatic nitrogens is 3. The molecule has 0 atom stereocenters. The third kappa shape index (κ3) is 2.96. The average molecular weight is 319 g/mol. The van der Waals surface area contributed by atoms with Crippen molar-refractivity contribution in [1.29, 1.82) is 0 Å². The van der Waals surface area contributed by atoms with E-state index in [1.807, 2.05) is 18.2 Å². The quantitative estimate of drug-likeness (QED) is 0.725. The first-order valence-corrected chi connectivity index (χ1v) is 6.33. The first-order chi connectivity index (χ1) is 10.2. The van der Waals surface area contributed by atoms with E-state index in [1.54, 1.807) is 35.1 Å². The van der Waals surface area contributed by atoms with E-state index in [-0.39, 0.29) is 18.2 Å². The molecule has 3 rings (SSSR count). The fourth-order valence-corrected chi connectivity index (χ4v) is 2.00. The molecule has 0 aliphatic heterocycles. The maximum absolute atomic E-state index is 9.81. The molecule has 22 heavy (non-hydrogen) atoms. The van der Waals surface area contributed by atoms with Gasteiger partial charge in [-0.2, -0.15) is 0 Å². The summed E-state index contributed by atoms with van der Waals surface area (Å²) in [5.41, 5.74) is 8.63. The molecule has 0 fully saturated rings. The Balaban J connectivity index is 0.00000176. The Hall–Kier alpha value is -2.73. The van der Waals surface area contributed by atoms with Crippen molar-refractivity contribution >= 4 is 18.1 Å². The molecule has 0 unspecified atom stereocenters. The van der Waals surface area contributed by atoms with Crippen molar-refractivity contribution in [2.24, 2.45) is 0 Å². The molecule has 3 aromatic rings. The van der Waals surface area contributed by atoms with Gasteiger partial charge in [0.05, 0.1) is 19.0 Å². The maximum atomic E-state index is 9.81.